The zero-order valence-electron chi connectivity index (χ0n) is 14.2. The van der Waals surface area contributed by atoms with E-state index < -0.39 is 5.97 Å². The highest BCUT2D eigenvalue weighted by molar-refractivity contribution is 7.13. The van der Waals surface area contributed by atoms with Gasteiger partial charge in [0.15, 0.2) is 0 Å². The van der Waals surface area contributed by atoms with Crippen molar-refractivity contribution in [1.29, 1.82) is 0 Å². The highest BCUT2D eigenvalue weighted by Gasteiger charge is 2.20. The first kappa shape index (κ1) is 17.5. The van der Waals surface area contributed by atoms with Gasteiger partial charge in [0.1, 0.15) is 5.75 Å². The number of rotatable bonds is 5. The van der Waals surface area contributed by atoms with E-state index in [1.165, 1.54) is 5.56 Å². The Morgan fingerprint density at radius 3 is 2.57 bits per heavy atom. The molecule has 0 saturated heterocycles. The zero-order valence-corrected chi connectivity index (χ0v) is 15.0. The van der Waals surface area contributed by atoms with Gasteiger partial charge in [-0.1, -0.05) is 39.0 Å². The molecule has 0 atom stereocenters. The SMILES string of the molecule is Cc1cccc(C(C)(C)C)c1OCCc1nc(C)c(C(=O)[O-])s1. The molecular formula is C18H22NO3S-. The Hall–Kier alpha value is -1.88. The predicted octanol–water partition coefficient (Wildman–Crippen LogP) is 3.04. The number of aromatic carboxylic acids is 1. The molecule has 0 bridgehead atoms. The Morgan fingerprint density at radius 1 is 1.30 bits per heavy atom. The molecule has 0 aliphatic carbocycles. The molecule has 0 unspecified atom stereocenters. The van der Waals surface area contributed by atoms with Crippen molar-refractivity contribution in [3.63, 3.8) is 0 Å². The standard InChI is InChI=1S/C18H23NO3S/c1-11-7-6-8-13(18(3,4)5)15(11)22-10-9-14-19-12(2)16(23-14)17(20)21/h6-8H,9-10H2,1-5H3,(H,20,21)/p-1. The quantitative estimate of drug-likeness (QED) is 0.844. The molecule has 4 nitrogen and oxygen atoms in total. The van der Waals surface area contributed by atoms with Gasteiger partial charge in [-0.25, -0.2) is 4.98 Å². The maximum atomic E-state index is 11.0. The van der Waals surface area contributed by atoms with Crippen LogP contribution < -0.4 is 9.84 Å². The van der Waals surface area contributed by atoms with E-state index in [0.29, 0.717) is 18.7 Å². The molecule has 1 heterocycles. The maximum absolute atomic E-state index is 11.0. The lowest BCUT2D eigenvalue weighted by atomic mass is 9.85. The van der Waals surface area contributed by atoms with Crippen LogP contribution in [0.1, 0.15) is 52.3 Å². The van der Waals surface area contributed by atoms with Gasteiger partial charge in [0.25, 0.3) is 0 Å². The van der Waals surface area contributed by atoms with Crippen LogP contribution in [-0.4, -0.2) is 17.6 Å². The molecule has 0 aliphatic heterocycles. The Bertz CT molecular complexity index is 714. The number of carbonyl (C=O) groups excluding carboxylic acids is 1. The molecule has 0 spiro atoms. The van der Waals surface area contributed by atoms with E-state index in [9.17, 15) is 9.90 Å². The number of hydrogen-bond acceptors (Lipinski definition) is 5. The van der Waals surface area contributed by atoms with Gasteiger partial charge < -0.3 is 14.6 Å². The number of para-hydroxylation sites is 1. The van der Waals surface area contributed by atoms with Gasteiger partial charge in [-0.15, -0.1) is 11.3 Å². The summed E-state index contributed by atoms with van der Waals surface area (Å²) in [6.07, 6.45) is 0.580. The van der Waals surface area contributed by atoms with Crippen LogP contribution in [0.4, 0.5) is 0 Å². The van der Waals surface area contributed by atoms with Crippen molar-refractivity contribution in [2.24, 2.45) is 0 Å². The van der Waals surface area contributed by atoms with Crippen LogP contribution >= 0.6 is 11.3 Å². The van der Waals surface area contributed by atoms with Crippen molar-refractivity contribution in [3.05, 3.63) is 44.9 Å². The van der Waals surface area contributed by atoms with E-state index in [1.54, 1.807) is 6.92 Å². The van der Waals surface area contributed by atoms with Crippen molar-refractivity contribution >= 4 is 17.3 Å². The zero-order chi connectivity index (χ0) is 17.2. The number of carboxylic acids is 1. The fourth-order valence-electron chi connectivity index (χ4n) is 2.42. The second kappa shape index (κ2) is 6.71. The molecule has 23 heavy (non-hydrogen) atoms. The van der Waals surface area contributed by atoms with Crippen LogP contribution in [-0.2, 0) is 11.8 Å². The molecule has 0 saturated carbocycles. The summed E-state index contributed by atoms with van der Waals surface area (Å²) in [5.41, 5.74) is 2.78. The van der Waals surface area contributed by atoms with E-state index in [1.807, 2.05) is 19.1 Å². The second-order valence-corrected chi connectivity index (χ2v) is 7.69. The summed E-state index contributed by atoms with van der Waals surface area (Å²) in [6, 6.07) is 6.16. The fourth-order valence-corrected chi connectivity index (χ4v) is 3.30. The highest BCUT2D eigenvalue weighted by Crippen LogP contribution is 2.33. The van der Waals surface area contributed by atoms with E-state index >= 15 is 0 Å². The first-order chi connectivity index (χ1) is 10.7. The van der Waals surface area contributed by atoms with Gasteiger partial charge in [0.05, 0.1) is 28.2 Å². The Kier molecular flexibility index (Phi) is 5.09. The Morgan fingerprint density at radius 2 is 2.00 bits per heavy atom. The lowest BCUT2D eigenvalue weighted by molar-refractivity contribution is -0.254. The van der Waals surface area contributed by atoms with Crippen LogP contribution in [0.2, 0.25) is 0 Å². The van der Waals surface area contributed by atoms with Crippen molar-refractivity contribution in [2.45, 2.75) is 46.5 Å². The normalized spacial score (nSPS) is 11.5. The fraction of sp³-hybridized carbons (Fsp3) is 0.444. The molecule has 0 amide bonds. The molecule has 1 aromatic heterocycles. The number of aromatic nitrogens is 1. The third-order valence-electron chi connectivity index (χ3n) is 3.61. The number of benzene rings is 1. The van der Waals surface area contributed by atoms with Gasteiger partial charge in [-0.2, -0.15) is 0 Å². The summed E-state index contributed by atoms with van der Waals surface area (Å²) in [5, 5.41) is 11.7. The van der Waals surface area contributed by atoms with Gasteiger partial charge in [-0.05, 0) is 30.4 Å². The monoisotopic (exact) mass is 332 g/mol. The van der Waals surface area contributed by atoms with E-state index in [0.717, 1.165) is 27.7 Å². The molecule has 5 heteroatoms. The van der Waals surface area contributed by atoms with E-state index in [-0.39, 0.29) is 10.3 Å². The van der Waals surface area contributed by atoms with Crippen molar-refractivity contribution in [1.82, 2.24) is 4.98 Å². The summed E-state index contributed by atoms with van der Waals surface area (Å²) in [6.45, 7) is 10.7. The van der Waals surface area contributed by atoms with E-state index in [2.05, 4.69) is 31.8 Å². The number of aryl methyl sites for hydroxylation is 2. The largest absolute Gasteiger partial charge is 0.544 e. The minimum absolute atomic E-state index is 0.00126. The molecule has 0 N–H and O–H groups in total. The Labute approximate surface area is 141 Å². The predicted molar refractivity (Wildman–Crippen MR) is 90.3 cm³/mol. The average Bonchev–Trinajstić information content (AvgIpc) is 2.80. The smallest absolute Gasteiger partial charge is 0.125 e. The minimum Gasteiger partial charge on any atom is -0.544 e. The summed E-state index contributed by atoms with van der Waals surface area (Å²) in [5.74, 6) is -0.255. The van der Waals surface area contributed by atoms with Crippen LogP contribution in [0.25, 0.3) is 0 Å². The average molecular weight is 332 g/mol. The van der Waals surface area contributed by atoms with Crippen molar-refractivity contribution in [3.8, 4) is 5.75 Å². The number of ether oxygens (including phenoxy) is 1. The minimum atomic E-state index is -1.17. The van der Waals surface area contributed by atoms with E-state index in [4.69, 9.17) is 4.74 Å². The number of thiazole rings is 1. The maximum Gasteiger partial charge on any atom is 0.125 e. The van der Waals surface area contributed by atoms with Gasteiger partial charge >= 0.3 is 0 Å². The van der Waals surface area contributed by atoms with Gasteiger partial charge in [-0.3, -0.25) is 0 Å². The van der Waals surface area contributed by atoms with Crippen LogP contribution in [0, 0.1) is 13.8 Å². The molecule has 2 rings (SSSR count). The Balaban J connectivity index is 2.10. The molecule has 0 fully saturated rings. The lowest BCUT2D eigenvalue weighted by Crippen LogP contribution is -2.21. The van der Waals surface area contributed by atoms with Crippen LogP contribution in [0.15, 0.2) is 18.2 Å². The molecule has 2 aromatic rings. The molecular weight excluding hydrogens is 310 g/mol. The summed E-state index contributed by atoms with van der Waals surface area (Å²) in [4.78, 5) is 15.4. The topological polar surface area (TPSA) is 62.2 Å². The molecule has 0 radical (unpaired) electrons. The van der Waals surface area contributed by atoms with Gasteiger partial charge in [0, 0.05) is 6.42 Å². The summed E-state index contributed by atoms with van der Waals surface area (Å²) >= 11 is 1.16. The first-order valence-corrected chi connectivity index (χ1v) is 8.42. The first-order valence-electron chi connectivity index (χ1n) is 7.60. The van der Waals surface area contributed by atoms with Crippen LogP contribution in [0.5, 0.6) is 5.75 Å². The lowest BCUT2D eigenvalue weighted by Gasteiger charge is -2.24. The molecule has 0 aliphatic rings. The molecule has 124 valence electrons. The number of carbonyl (C=O) groups is 1. The van der Waals surface area contributed by atoms with Crippen molar-refractivity contribution < 1.29 is 14.6 Å². The number of carboxylic acid groups (broad SMARTS) is 1. The number of hydrogen-bond donors (Lipinski definition) is 0. The van der Waals surface area contributed by atoms with Gasteiger partial charge in [0.2, 0.25) is 0 Å². The highest BCUT2D eigenvalue weighted by atomic mass is 32.1. The second-order valence-electron chi connectivity index (χ2n) is 6.61. The van der Waals surface area contributed by atoms with Crippen LogP contribution in [0.3, 0.4) is 0 Å². The molecule has 1 aromatic carbocycles. The summed E-state index contributed by atoms with van der Waals surface area (Å²) < 4.78 is 6.01. The third-order valence-corrected chi connectivity index (χ3v) is 4.81. The third kappa shape index (κ3) is 4.10. The number of nitrogens with zero attached hydrogens (tertiary/aromatic N) is 1. The summed E-state index contributed by atoms with van der Waals surface area (Å²) in [7, 11) is 0. The van der Waals surface area contributed by atoms with Crippen molar-refractivity contribution in [2.75, 3.05) is 6.61 Å².